The number of hydrogen-bond acceptors (Lipinski definition) is 3. The van der Waals surface area contributed by atoms with E-state index in [2.05, 4.69) is 12.2 Å². The lowest BCUT2D eigenvalue weighted by molar-refractivity contribution is 0.209. The molecule has 0 aliphatic carbocycles. The van der Waals surface area contributed by atoms with Gasteiger partial charge in [0.25, 0.3) is 0 Å². The molecule has 104 valence electrons. The van der Waals surface area contributed by atoms with Crippen LogP contribution in [0.3, 0.4) is 0 Å². The van der Waals surface area contributed by atoms with Crippen LogP contribution in [-0.4, -0.2) is 25.8 Å². The normalized spacial score (nSPS) is 16.4. The summed E-state index contributed by atoms with van der Waals surface area (Å²) in [6.07, 6.45) is 5.22. The molecule has 0 radical (unpaired) electrons. The second kappa shape index (κ2) is 7.85. The molecule has 19 heavy (non-hydrogen) atoms. The Morgan fingerprint density at radius 2 is 2.16 bits per heavy atom. The third kappa shape index (κ3) is 4.60. The van der Waals surface area contributed by atoms with Crippen molar-refractivity contribution in [3.8, 4) is 5.75 Å². The summed E-state index contributed by atoms with van der Waals surface area (Å²) in [7, 11) is 0. The minimum Gasteiger partial charge on any atom is -0.501 e. The molecule has 1 aliphatic heterocycles. The minimum absolute atomic E-state index is 0.250. The van der Waals surface area contributed by atoms with E-state index in [1.165, 1.54) is 5.57 Å². The van der Waals surface area contributed by atoms with E-state index in [0.717, 1.165) is 38.2 Å². The zero-order valence-electron chi connectivity index (χ0n) is 11.6. The fraction of sp³-hybridized carbons (Fsp3) is 0.500. The highest BCUT2D eigenvalue weighted by Gasteiger charge is 2.17. The van der Waals surface area contributed by atoms with Crippen molar-refractivity contribution in [2.75, 3.05) is 19.8 Å². The van der Waals surface area contributed by atoms with E-state index in [1.54, 1.807) is 0 Å². The van der Waals surface area contributed by atoms with Crippen molar-refractivity contribution in [2.45, 2.75) is 32.2 Å². The topological polar surface area (TPSA) is 30.5 Å². The standard InChI is InChI=1S/C16H23NO2/c1-2-10-17-16(14-7-6-11-18-12-14)13-19-15-8-4-3-5-9-15/h3-5,8-9,12,16-17H,2,6-7,10-11,13H2,1H3. The van der Waals surface area contributed by atoms with Crippen LogP contribution in [0.1, 0.15) is 26.2 Å². The van der Waals surface area contributed by atoms with Crippen molar-refractivity contribution in [1.29, 1.82) is 0 Å². The molecule has 1 aromatic carbocycles. The smallest absolute Gasteiger partial charge is 0.119 e. The van der Waals surface area contributed by atoms with Gasteiger partial charge in [-0.15, -0.1) is 0 Å². The van der Waals surface area contributed by atoms with Gasteiger partial charge in [0.05, 0.1) is 18.9 Å². The molecule has 3 heteroatoms. The zero-order chi connectivity index (χ0) is 13.3. The van der Waals surface area contributed by atoms with E-state index in [0.29, 0.717) is 6.61 Å². The van der Waals surface area contributed by atoms with Gasteiger partial charge in [0.2, 0.25) is 0 Å². The molecule has 1 aromatic rings. The van der Waals surface area contributed by atoms with Gasteiger partial charge in [0, 0.05) is 0 Å². The molecule has 1 heterocycles. The molecule has 0 aromatic heterocycles. The number of nitrogens with one attached hydrogen (secondary N) is 1. The van der Waals surface area contributed by atoms with Gasteiger partial charge in [-0.3, -0.25) is 0 Å². The SMILES string of the molecule is CCCNC(COc1ccccc1)C1=COCCC1. The first-order chi connectivity index (χ1) is 9.40. The van der Waals surface area contributed by atoms with Gasteiger partial charge in [-0.05, 0) is 43.5 Å². The highest BCUT2D eigenvalue weighted by atomic mass is 16.5. The minimum atomic E-state index is 0.250. The number of hydrogen-bond donors (Lipinski definition) is 1. The van der Waals surface area contributed by atoms with Crippen molar-refractivity contribution in [3.63, 3.8) is 0 Å². The maximum absolute atomic E-state index is 5.86. The van der Waals surface area contributed by atoms with Crippen molar-refractivity contribution in [2.24, 2.45) is 0 Å². The lowest BCUT2D eigenvalue weighted by Crippen LogP contribution is -2.37. The van der Waals surface area contributed by atoms with Gasteiger partial charge in [-0.1, -0.05) is 25.1 Å². The Bertz CT molecular complexity index is 389. The van der Waals surface area contributed by atoms with Crippen LogP contribution in [0.4, 0.5) is 0 Å². The van der Waals surface area contributed by atoms with Gasteiger partial charge in [-0.25, -0.2) is 0 Å². The first kappa shape index (κ1) is 13.9. The van der Waals surface area contributed by atoms with Crippen LogP contribution in [0, 0.1) is 0 Å². The molecule has 1 atom stereocenters. The number of benzene rings is 1. The van der Waals surface area contributed by atoms with Crippen molar-refractivity contribution in [3.05, 3.63) is 42.2 Å². The Morgan fingerprint density at radius 3 is 2.84 bits per heavy atom. The Balaban J connectivity index is 1.91. The number of rotatable bonds is 7. The summed E-state index contributed by atoms with van der Waals surface area (Å²) in [6.45, 7) is 4.66. The molecule has 0 bridgehead atoms. The summed E-state index contributed by atoms with van der Waals surface area (Å²) in [5, 5.41) is 3.54. The molecule has 0 spiro atoms. The van der Waals surface area contributed by atoms with Crippen molar-refractivity contribution < 1.29 is 9.47 Å². The van der Waals surface area contributed by atoms with Crippen LogP contribution in [0.5, 0.6) is 5.75 Å². The molecule has 3 nitrogen and oxygen atoms in total. The van der Waals surface area contributed by atoms with E-state index in [1.807, 2.05) is 36.6 Å². The van der Waals surface area contributed by atoms with Crippen molar-refractivity contribution in [1.82, 2.24) is 5.32 Å². The molecule has 1 N–H and O–H groups in total. The Labute approximate surface area is 115 Å². The van der Waals surface area contributed by atoms with E-state index in [-0.39, 0.29) is 6.04 Å². The molecule has 1 unspecified atom stereocenters. The summed E-state index contributed by atoms with van der Waals surface area (Å²) in [5.41, 5.74) is 1.32. The van der Waals surface area contributed by atoms with Crippen LogP contribution in [-0.2, 0) is 4.74 Å². The van der Waals surface area contributed by atoms with Gasteiger partial charge < -0.3 is 14.8 Å². The maximum atomic E-state index is 5.86. The predicted octanol–water partition coefficient (Wildman–Crippen LogP) is 3.13. The Kier molecular flexibility index (Phi) is 5.76. The van der Waals surface area contributed by atoms with Crippen LogP contribution in [0.15, 0.2) is 42.2 Å². The van der Waals surface area contributed by atoms with Gasteiger partial charge >= 0.3 is 0 Å². The summed E-state index contributed by atoms with van der Waals surface area (Å²) in [4.78, 5) is 0. The second-order valence-electron chi connectivity index (χ2n) is 4.80. The van der Waals surface area contributed by atoms with Crippen LogP contribution in [0.2, 0.25) is 0 Å². The molecule has 0 fully saturated rings. The molecular formula is C16H23NO2. The van der Waals surface area contributed by atoms with Crippen LogP contribution < -0.4 is 10.1 Å². The van der Waals surface area contributed by atoms with E-state index >= 15 is 0 Å². The second-order valence-corrected chi connectivity index (χ2v) is 4.80. The monoisotopic (exact) mass is 261 g/mol. The Morgan fingerprint density at radius 1 is 1.32 bits per heavy atom. The zero-order valence-corrected chi connectivity index (χ0v) is 11.6. The van der Waals surface area contributed by atoms with Gasteiger partial charge in [-0.2, -0.15) is 0 Å². The lowest BCUT2D eigenvalue weighted by Gasteiger charge is -2.24. The summed E-state index contributed by atoms with van der Waals surface area (Å²) >= 11 is 0. The van der Waals surface area contributed by atoms with E-state index in [4.69, 9.17) is 9.47 Å². The van der Waals surface area contributed by atoms with Crippen LogP contribution >= 0.6 is 0 Å². The fourth-order valence-corrected chi connectivity index (χ4v) is 2.15. The molecule has 0 saturated heterocycles. The van der Waals surface area contributed by atoms with Gasteiger partial charge in [0.15, 0.2) is 0 Å². The third-order valence-electron chi connectivity index (χ3n) is 3.21. The summed E-state index contributed by atoms with van der Waals surface area (Å²) in [5.74, 6) is 0.920. The Hall–Kier alpha value is -1.48. The first-order valence-corrected chi connectivity index (χ1v) is 7.12. The largest absolute Gasteiger partial charge is 0.501 e. The molecule has 1 aliphatic rings. The van der Waals surface area contributed by atoms with Crippen LogP contribution in [0.25, 0.3) is 0 Å². The molecule has 0 saturated carbocycles. The van der Waals surface area contributed by atoms with E-state index < -0.39 is 0 Å². The summed E-state index contributed by atoms with van der Waals surface area (Å²) in [6, 6.07) is 10.2. The number of para-hydroxylation sites is 1. The molecule has 2 rings (SSSR count). The molecular weight excluding hydrogens is 238 g/mol. The number of ether oxygens (including phenoxy) is 2. The lowest BCUT2D eigenvalue weighted by atomic mass is 10.0. The highest BCUT2D eigenvalue weighted by molar-refractivity contribution is 5.21. The van der Waals surface area contributed by atoms with E-state index in [9.17, 15) is 0 Å². The average Bonchev–Trinajstić information content (AvgIpc) is 2.49. The maximum Gasteiger partial charge on any atom is 0.119 e. The van der Waals surface area contributed by atoms with Crippen molar-refractivity contribution >= 4 is 0 Å². The average molecular weight is 261 g/mol. The predicted molar refractivity (Wildman–Crippen MR) is 77.3 cm³/mol. The summed E-state index contributed by atoms with van der Waals surface area (Å²) < 4.78 is 11.3. The van der Waals surface area contributed by atoms with Gasteiger partial charge in [0.1, 0.15) is 12.4 Å². The first-order valence-electron chi connectivity index (χ1n) is 7.12. The quantitative estimate of drug-likeness (QED) is 0.818. The molecule has 0 amide bonds. The fourth-order valence-electron chi connectivity index (χ4n) is 2.15. The third-order valence-corrected chi connectivity index (χ3v) is 3.21. The highest BCUT2D eigenvalue weighted by Crippen LogP contribution is 2.17.